The highest BCUT2D eigenvalue weighted by molar-refractivity contribution is 5.66. The fourth-order valence-electron chi connectivity index (χ4n) is 3.96. The summed E-state index contributed by atoms with van der Waals surface area (Å²) in [5, 5.41) is 17.5. The molecule has 0 aliphatic heterocycles. The van der Waals surface area contributed by atoms with Crippen LogP contribution < -0.4 is 0 Å². The number of benzene rings is 1. The first-order valence-corrected chi connectivity index (χ1v) is 12.1. The predicted molar refractivity (Wildman–Crippen MR) is 123 cm³/mol. The van der Waals surface area contributed by atoms with Crippen molar-refractivity contribution in [1.82, 2.24) is 0 Å². The van der Waals surface area contributed by atoms with E-state index in [-0.39, 0.29) is 12.8 Å². The zero-order valence-corrected chi connectivity index (χ0v) is 19.0. The van der Waals surface area contributed by atoms with Crippen LogP contribution in [-0.4, -0.2) is 22.2 Å². The maximum atomic E-state index is 10.6. The fraction of sp³-hybridized carbons (Fsp3) is 0.692. The van der Waals surface area contributed by atoms with Crippen LogP contribution in [0.2, 0.25) is 0 Å². The van der Waals surface area contributed by atoms with E-state index in [9.17, 15) is 9.59 Å². The quantitative estimate of drug-likeness (QED) is 0.238. The first-order chi connectivity index (χ1) is 14.5. The first kappa shape index (κ1) is 26.2. The Morgan fingerprint density at radius 2 is 1.13 bits per heavy atom. The lowest BCUT2D eigenvalue weighted by Crippen LogP contribution is -1.99. The van der Waals surface area contributed by atoms with Gasteiger partial charge in [-0.3, -0.25) is 9.59 Å². The standard InChI is InChI=1S/C26H42O4/c1-2-3-4-9-14-22-19-20-23(15-10-5-7-12-17-25(27)28)24(21-22)16-11-6-8-13-18-26(29)30/h19-21H,2-18H2,1H3,(H,27,28)(H,29,30). The second kappa shape index (κ2) is 16.9. The molecule has 0 aliphatic carbocycles. The second-order valence-corrected chi connectivity index (χ2v) is 8.53. The van der Waals surface area contributed by atoms with Gasteiger partial charge in [0.15, 0.2) is 0 Å². The number of carboxylic acids is 2. The number of aryl methyl sites for hydroxylation is 3. The SMILES string of the molecule is CCCCCCc1ccc(CCCCCCC(=O)O)c(CCCCCCC(=O)O)c1. The van der Waals surface area contributed by atoms with E-state index in [4.69, 9.17) is 10.2 Å². The molecule has 0 fully saturated rings. The van der Waals surface area contributed by atoms with Gasteiger partial charge in [-0.05, 0) is 68.1 Å². The highest BCUT2D eigenvalue weighted by Gasteiger charge is 2.06. The summed E-state index contributed by atoms with van der Waals surface area (Å²) in [5.41, 5.74) is 4.35. The predicted octanol–water partition coefficient (Wildman–Crippen LogP) is 6.96. The fourth-order valence-corrected chi connectivity index (χ4v) is 3.96. The molecule has 0 spiro atoms. The van der Waals surface area contributed by atoms with Gasteiger partial charge in [-0.15, -0.1) is 0 Å². The molecule has 0 amide bonds. The highest BCUT2D eigenvalue weighted by atomic mass is 16.4. The molecule has 2 N–H and O–H groups in total. The van der Waals surface area contributed by atoms with Gasteiger partial charge in [0, 0.05) is 12.8 Å². The summed E-state index contributed by atoms with van der Waals surface area (Å²) in [4.78, 5) is 21.2. The van der Waals surface area contributed by atoms with Crippen molar-refractivity contribution in [2.75, 3.05) is 0 Å². The van der Waals surface area contributed by atoms with Gasteiger partial charge in [-0.2, -0.15) is 0 Å². The van der Waals surface area contributed by atoms with E-state index >= 15 is 0 Å². The number of carbonyl (C=O) groups is 2. The molecule has 0 bridgehead atoms. The van der Waals surface area contributed by atoms with Crippen molar-refractivity contribution in [1.29, 1.82) is 0 Å². The van der Waals surface area contributed by atoms with Gasteiger partial charge in [0.05, 0.1) is 0 Å². The summed E-state index contributed by atoms with van der Waals surface area (Å²) in [6, 6.07) is 7.01. The molecular weight excluding hydrogens is 376 g/mol. The molecule has 1 aromatic rings. The van der Waals surface area contributed by atoms with Crippen molar-refractivity contribution in [3.05, 3.63) is 34.9 Å². The molecule has 1 aromatic carbocycles. The van der Waals surface area contributed by atoms with Crippen LogP contribution in [0.1, 0.15) is 114 Å². The number of hydrogen-bond acceptors (Lipinski definition) is 2. The van der Waals surface area contributed by atoms with Crippen LogP contribution >= 0.6 is 0 Å². The van der Waals surface area contributed by atoms with Gasteiger partial charge in [0.1, 0.15) is 0 Å². The molecular formula is C26H42O4. The smallest absolute Gasteiger partial charge is 0.303 e. The van der Waals surface area contributed by atoms with Crippen molar-refractivity contribution in [2.24, 2.45) is 0 Å². The molecule has 0 unspecified atom stereocenters. The van der Waals surface area contributed by atoms with Crippen LogP contribution in [0, 0.1) is 0 Å². The van der Waals surface area contributed by atoms with Gasteiger partial charge in [-0.1, -0.05) is 70.1 Å². The van der Waals surface area contributed by atoms with Crippen LogP contribution in [0.4, 0.5) is 0 Å². The minimum Gasteiger partial charge on any atom is -0.481 e. The van der Waals surface area contributed by atoms with E-state index in [1.165, 1.54) is 42.4 Å². The van der Waals surface area contributed by atoms with E-state index in [0.29, 0.717) is 0 Å². The molecule has 0 heterocycles. The Kier molecular flexibility index (Phi) is 14.8. The van der Waals surface area contributed by atoms with Crippen LogP contribution in [0.15, 0.2) is 18.2 Å². The molecule has 4 nitrogen and oxygen atoms in total. The average Bonchev–Trinajstić information content (AvgIpc) is 2.71. The molecule has 0 atom stereocenters. The number of rotatable bonds is 19. The largest absolute Gasteiger partial charge is 0.481 e. The second-order valence-electron chi connectivity index (χ2n) is 8.53. The third-order valence-corrected chi connectivity index (χ3v) is 5.76. The van der Waals surface area contributed by atoms with E-state index in [2.05, 4.69) is 25.1 Å². The Bertz CT molecular complexity index is 609. The maximum Gasteiger partial charge on any atom is 0.303 e. The van der Waals surface area contributed by atoms with Gasteiger partial charge >= 0.3 is 11.9 Å². The topological polar surface area (TPSA) is 74.6 Å². The first-order valence-electron chi connectivity index (χ1n) is 12.1. The Morgan fingerprint density at radius 1 is 0.633 bits per heavy atom. The van der Waals surface area contributed by atoms with Crippen LogP contribution in [0.3, 0.4) is 0 Å². The van der Waals surface area contributed by atoms with Crippen LogP contribution in [0.5, 0.6) is 0 Å². The van der Waals surface area contributed by atoms with Gasteiger partial charge in [0.2, 0.25) is 0 Å². The maximum absolute atomic E-state index is 10.6. The number of carboxylic acid groups (broad SMARTS) is 2. The summed E-state index contributed by atoms with van der Waals surface area (Å²) < 4.78 is 0. The van der Waals surface area contributed by atoms with E-state index in [1.807, 2.05) is 0 Å². The monoisotopic (exact) mass is 418 g/mol. The van der Waals surface area contributed by atoms with Crippen molar-refractivity contribution >= 4 is 11.9 Å². The Balaban J connectivity index is 2.51. The number of unbranched alkanes of at least 4 members (excludes halogenated alkanes) is 9. The molecule has 0 aliphatic rings. The van der Waals surface area contributed by atoms with Crippen molar-refractivity contribution < 1.29 is 19.8 Å². The van der Waals surface area contributed by atoms with E-state index < -0.39 is 11.9 Å². The van der Waals surface area contributed by atoms with E-state index in [1.54, 1.807) is 0 Å². The summed E-state index contributed by atoms with van der Waals surface area (Å²) in [6.45, 7) is 2.24. The summed E-state index contributed by atoms with van der Waals surface area (Å²) >= 11 is 0. The molecule has 30 heavy (non-hydrogen) atoms. The Morgan fingerprint density at radius 3 is 1.70 bits per heavy atom. The lowest BCUT2D eigenvalue weighted by molar-refractivity contribution is -0.138. The summed E-state index contributed by atoms with van der Waals surface area (Å²) in [6.07, 6.45) is 16.9. The van der Waals surface area contributed by atoms with Gasteiger partial charge < -0.3 is 10.2 Å². The van der Waals surface area contributed by atoms with Gasteiger partial charge in [-0.25, -0.2) is 0 Å². The summed E-state index contributed by atoms with van der Waals surface area (Å²) in [5.74, 6) is -1.40. The Hall–Kier alpha value is -1.84. The number of hydrogen-bond donors (Lipinski definition) is 2. The Labute approximate surface area is 183 Å². The molecule has 4 heteroatoms. The van der Waals surface area contributed by atoms with Crippen LogP contribution in [0.25, 0.3) is 0 Å². The van der Waals surface area contributed by atoms with Gasteiger partial charge in [0.25, 0.3) is 0 Å². The lowest BCUT2D eigenvalue weighted by Gasteiger charge is -2.13. The van der Waals surface area contributed by atoms with Crippen LogP contribution in [-0.2, 0) is 28.9 Å². The average molecular weight is 419 g/mol. The van der Waals surface area contributed by atoms with Crippen molar-refractivity contribution in [3.8, 4) is 0 Å². The lowest BCUT2D eigenvalue weighted by atomic mass is 9.93. The zero-order valence-electron chi connectivity index (χ0n) is 19.0. The highest BCUT2D eigenvalue weighted by Crippen LogP contribution is 2.20. The molecule has 0 radical (unpaired) electrons. The summed E-state index contributed by atoms with van der Waals surface area (Å²) in [7, 11) is 0. The third-order valence-electron chi connectivity index (χ3n) is 5.76. The molecule has 0 saturated carbocycles. The zero-order chi connectivity index (χ0) is 22.0. The molecule has 0 saturated heterocycles. The number of aliphatic carboxylic acids is 2. The normalized spacial score (nSPS) is 11.0. The molecule has 0 aromatic heterocycles. The van der Waals surface area contributed by atoms with Crippen molar-refractivity contribution in [2.45, 2.75) is 116 Å². The third kappa shape index (κ3) is 13.4. The minimum atomic E-state index is -0.699. The minimum absolute atomic E-state index is 0.278. The van der Waals surface area contributed by atoms with E-state index in [0.717, 1.165) is 70.6 Å². The molecule has 170 valence electrons. The molecule has 1 rings (SSSR count). The van der Waals surface area contributed by atoms with Crippen molar-refractivity contribution in [3.63, 3.8) is 0 Å².